The van der Waals surface area contributed by atoms with Crippen molar-refractivity contribution < 1.29 is 23.4 Å². The van der Waals surface area contributed by atoms with E-state index in [1.807, 2.05) is 6.07 Å². The third-order valence-electron chi connectivity index (χ3n) is 12.5. The summed E-state index contributed by atoms with van der Waals surface area (Å²) < 4.78 is 27.0. The first-order chi connectivity index (χ1) is 19.4. The number of hydrogen-bond donors (Lipinski definition) is 4. The van der Waals surface area contributed by atoms with Gasteiger partial charge in [-0.25, -0.2) is 17.9 Å². The number of aliphatic hydroxyl groups is 2. The van der Waals surface area contributed by atoms with Crippen LogP contribution in [0.4, 0.5) is 4.79 Å². The Morgan fingerprint density at radius 3 is 2.39 bits per heavy atom. The molecule has 11 atom stereocenters. The third kappa shape index (κ3) is 5.82. The number of fused-ring (bicyclic) bond motifs is 5. The fraction of sp³-hybridized carbons (Fsp3) is 0.788. The first kappa shape index (κ1) is 30.8. The van der Waals surface area contributed by atoms with Gasteiger partial charge in [0.1, 0.15) is 0 Å². The highest BCUT2D eigenvalue weighted by molar-refractivity contribution is 7.89. The summed E-state index contributed by atoms with van der Waals surface area (Å²) >= 11 is 0. The quantitative estimate of drug-likeness (QED) is 0.322. The summed E-state index contributed by atoms with van der Waals surface area (Å²) in [6, 6.07) is 8.18. The molecule has 0 aliphatic heterocycles. The standard InChI is InChI=1S/C33H52N2O5S/c1-5-24-28-19-23(36)13-16-33(28,4)27-14-17-32(3)25(11-12-26(32)29(27)30(24)37)21(2)15-18-34-31(38)35-41(39,40)20-22-9-7-6-8-10-22/h6-10,21,23-30,36-37H,5,11-20H2,1-4H3,(H2,34,35,38)/t21-,23-,24-,25-,26+,27+,28+,29+,30-,32-,33-/m1/s1. The molecule has 0 bridgehead atoms. The van der Waals surface area contributed by atoms with Crippen molar-refractivity contribution in [2.75, 3.05) is 6.54 Å². The topological polar surface area (TPSA) is 116 Å². The highest BCUT2D eigenvalue weighted by Gasteiger charge is 2.64. The molecule has 5 rings (SSSR count). The molecule has 0 aromatic heterocycles. The van der Waals surface area contributed by atoms with E-state index in [1.54, 1.807) is 24.3 Å². The Bertz CT molecular complexity index is 1180. The fourth-order valence-corrected chi connectivity index (χ4v) is 11.6. The fourth-order valence-electron chi connectivity index (χ4n) is 10.6. The summed E-state index contributed by atoms with van der Waals surface area (Å²) in [5.74, 6) is 2.69. The maximum Gasteiger partial charge on any atom is 0.328 e. The van der Waals surface area contributed by atoms with Crippen molar-refractivity contribution in [3.8, 4) is 0 Å². The van der Waals surface area contributed by atoms with Crippen molar-refractivity contribution in [1.82, 2.24) is 10.0 Å². The van der Waals surface area contributed by atoms with Crippen LogP contribution in [0.15, 0.2) is 30.3 Å². The Labute approximate surface area is 247 Å². The molecule has 4 N–H and O–H groups in total. The molecule has 4 fully saturated rings. The molecule has 0 spiro atoms. The van der Waals surface area contributed by atoms with Gasteiger partial charge in [-0.1, -0.05) is 64.4 Å². The highest BCUT2D eigenvalue weighted by atomic mass is 32.2. The first-order valence-electron chi connectivity index (χ1n) is 16.1. The van der Waals surface area contributed by atoms with E-state index in [1.165, 1.54) is 6.42 Å². The molecule has 8 heteroatoms. The van der Waals surface area contributed by atoms with Gasteiger partial charge in [-0.15, -0.1) is 0 Å². The van der Waals surface area contributed by atoms with Gasteiger partial charge in [0, 0.05) is 6.54 Å². The minimum Gasteiger partial charge on any atom is -0.393 e. The van der Waals surface area contributed by atoms with Crippen LogP contribution in [0.25, 0.3) is 0 Å². The number of nitrogens with one attached hydrogen (secondary N) is 2. The van der Waals surface area contributed by atoms with Crippen LogP contribution in [0.3, 0.4) is 0 Å². The van der Waals surface area contributed by atoms with Gasteiger partial charge in [0.15, 0.2) is 0 Å². The molecule has 0 unspecified atom stereocenters. The summed E-state index contributed by atoms with van der Waals surface area (Å²) in [5.41, 5.74) is 1.00. The number of amides is 2. The van der Waals surface area contributed by atoms with Gasteiger partial charge in [0.2, 0.25) is 10.0 Å². The number of sulfonamides is 1. The number of urea groups is 1. The van der Waals surface area contributed by atoms with Crippen molar-refractivity contribution in [2.45, 2.75) is 103 Å². The minimum absolute atomic E-state index is 0.165. The number of aliphatic hydroxyl groups excluding tert-OH is 2. The maximum absolute atomic E-state index is 12.4. The molecular formula is C33H52N2O5S. The number of benzene rings is 1. The van der Waals surface area contributed by atoms with Gasteiger partial charge >= 0.3 is 6.03 Å². The normalized spacial score (nSPS) is 41.0. The van der Waals surface area contributed by atoms with Gasteiger partial charge in [-0.3, -0.25) is 0 Å². The van der Waals surface area contributed by atoms with E-state index in [0.29, 0.717) is 47.6 Å². The van der Waals surface area contributed by atoms with Gasteiger partial charge in [0.05, 0.1) is 18.0 Å². The van der Waals surface area contributed by atoms with Crippen LogP contribution in [0.2, 0.25) is 0 Å². The van der Waals surface area contributed by atoms with Gasteiger partial charge in [-0.2, -0.15) is 0 Å². The molecular weight excluding hydrogens is 536 g/mol. The Morgan fingerprint density at radius 2 is 1.68 bits per heavy atom. The van der Waals surface area contributed by atoms with Crippen LogP contribution < -0.4 is 10.0 Å². The molecule has 4 saturated carbocycles. The minimum atomic E-state index is -3.77. The van der Waals surface area contributed by atoms with Crippen LogP contribution in [0.1, 0.15) is 91.0 Å². The summed E-state index contributed by atoms with van der Waals surface area (Å²) in [5, 5.41) is 25.2. The van der Waals surface area contributed by atoms with Crippen molar-refractivity contribution in [2.24, 2.45) is 52.3 Å². The van der Waals surface area contributed by atoms with Crippen LogP contribution in [-0.2, 0) is 15.8 Å². The lowest BCUT2D eigenvalue weighted by Gasteiger charge is -2.64. The van der Waals surface area contributed by atoms with Crippen molar-refractivity contribution >= 4 is 16.1 Å². The smallest absolute Gasteiger partial charge is 0.328 e. The van der Waals surface area contributed by atoms with Crippen molar-refractivity contribution in [3.05, 3.63) is 35.9 Å². The second kappa shape index (κ2) is 11.8. The molecule has 4 aliphatic rings. The zero-order valence-corrected chi connectivity index (χ0v) is 26.2. The van der Waals surface area contributed by atoms with Gasteiger partial charge in [0.25, 0.3) is 0 Å². The van der Waals surface area contributed by atoms with Crippen molar-refractivity contribution in [3.63, 3.8) is 0 Å². The molecule has 0 radical (unpaired) electrons. The van der Waals surface area contributed by atoms with E-state index >= 15 is 0 Å². The average Bonchev–Trinajstić information content (AvgIpc) is 3.27. The molecule has 230 valence electrons. The molecule has 1 aromatic rings. The first-order valence-corrected chi connectivity index (χ1v) is 17.7. The highest BCUT2D eigenvalue weighted by Crippen LogP contribution is 2.69. The zero-order valence-electron chi connectivity index (χ0n) is 25.4. The Kier molecular flexibility index (Phi) is 8.87. The maximum atomic E-state index is 12.4. The third-order valence-corrected chi connectivity index (χ3v) is 13.7. The average molecular weight is 589 g/mol. The van der Waals surface area contributed by atoms with Crippen molar-refractivity contribution in [1.29, 1.82) is 0 Å². The van der Waals surface area contributed by atoms with Gasteiger partial charge < -0.3 is 15.5 Å². The molecule has 4 aliphatic carbocycles. The number of carbonyl (C=O) groups is 1. The van der Waals surface area contributed by atoms with Crippen LogP contribution in [0, 0.1) is 52.3 Å². The van der Waals surface area contributed by atoms with E-state index in [0.717, 1.165) is 51.4 Å². The van der Waals surface area contributed by atoms with Crippen LogP contribution in [-0.4, -0.2) is 43.4 Å². The number of carbonyl (C=O) groups excluding carboxylic acids is 1. The zero-order chi connectivity index (χ0) is 29.6. The number of rotatable bonds is 8. The largest absolute Gasteiger partial charge is 0.393 e. The second-order valence-corrected chi connectivity index (χ2v) is 16.2. The van der Waals surface area contributed by atoms with Crippen LogP contribution >= 0.6 is 0 Å². The molecule has 2 amide bonds. The lowest BCUT2D eigenvalue weighted by atomic mass is 9.41. The monoisotopic (exact) mass is 588 g/mol. The van der Waals surface area contributed by atoms with E-state index in [2.05, 4.69) is 37.7 Å². The molecule has 7 nitrogen and oxygen atoms in total. The molecule has 41 heavy (non-hydrogen) atoms. The lowest BCUT2D eigenvalue weighted by Crippen LogP contribution is -2.62. The SMILES string of the molecule is CC[C@H]1[C@@H](O)[C@@H]2[C@H](CC[C@]3(C)[C@@H]([C@H](C)CCNC(=O)NS(=O)(=O)Cc4ccccc4)CC[C@@H]23)[C@@]2(C)CC[C@@H](O)C[C@@H]12. The summed E-state index contributed by atoms with van der Waals surface area (Å²) in [6.45, 7) is 9.87. The summed E-state index contributed by atoms with van der Waals surface area (Å²) in [6.07, 6.45) is 8.66. The van der Waals surface area contributed by atoms with E-state index in [4.69, 9.17) is 0 Å². The number of hydrogen-bond acceptors (Lipinski definition) is 5. The van der Waals surface area contributed by atoms with Crippen LogP contribution in [0.5, 0.6) is 0 Å². The molecule has 0 saturated heterocycles. The lowest BCUT2D eigenvalue weighted by molar-refractivity contribution is -0.203. The Balaban J connectivity index is 1.20. The predicted molar refractivity (Wildman–Crippen MR) is 161 cm³/mol. The Morgan fingerprint density at radius 1 is 1.00 bits per heavy atom. The van der Waals surface area contributed by atoms with E-state index < -0.39 is 16.1 Å². The summed E-state index contributed by atoms with van der Waals surface area (Å²) in [7, 11) is -3.77. The second-order valence-electron chi connectivity index (χ2n) is 14.5. The van der Waals surface area contributed by atoms with E-state index in [-0.39, 0.29) is 34.7 Å². The predicted octanol–water partition coefficient (Wildman–Crippen LogP) is 5.47. The van der Waals surface area contributed by atoms with Gasteiger partial charge in [-0.05, 0) is 109 Å². The molecule has 1 aromatic carbocycles. The Hall–Kier alpha value is -1.64. The summed E-state index contributed by atoms with van der Waals surface area (Å²) in [4.78, 5) is 12.4. The molecule has 0 heterocycles. The van der Waals surface area contributed by atoms with E-state index in [9.17, 15) is 23.4 Å².